The maximum absolute atomic E-state index is 5.43. The number of para-hydroxylation sites is 3. The van der Waals surface area contributed by atoms with E-state index in [4.69, 9.17) is 15.0 Å². The molecule has 0 atom stereocenters. The standard InChI is InChI=1S/C69H45N5/c1-5-20-46(21-6-1)49-26-17-28-52(42-49)67-70-68(72-69(71-67)54-38-40-56(48-24-9-3-10-25-48)65(45-54)74-61-35-15-13-32-58(61)59-33-14-16-36-62(59)74)53-29-18-27-51(43-53)57-34-19-37-64-66(57)60-44-50(47-22-7-2-8-23-47)39-41-63(60)73(64)55-30-11-4-12-31-55/h1-45H. The van der Waals surface area contributed by atoms with Crippen molar-refractivity contribution in [3.8, 4) is 90.0 Å². The highest BCUT2D eigenvalue weighted by molar-refractivity contribution is 6.17. The highest BCUT2D eigenvalue weighted by Gasteiger charge is 2.21. The van der Waals surface area contributed by atoms with Crippen molar-refractivity contribution in [2.75, 3.05) is 0 Å². The fourth-order valence-corrected chi connectivity index (χ4v) is 10.9. The van der Waals surface area contributed by atoms with Gasteiger partial charge >= 0.3 is 0 Å². The molecule has 3 heterocycles. The van der Waals surface area contributed by atoms with Gasteiger partial charge < -0.3 is 9.13 Å². The van der Waals surface area contributed by atoms with Gasteiger partial charge in [-0.25, -0.2) is 15.0 Å². The van der Waals surface area contributed by atoms with Crippen LogP contribution in [0.2, 0.25) is 0 Å². The molecule has 14 rings (SSSR count). The van der Waals surface area contributed by atoms with Crippen molar-refractivity contribution in [2.45, 2.75) is 0 Å². The Bertz CT molecular complexity index is 4350. The largest absolute Gasteiger partial charge is 0.309 e. The number of aromatic nitrogens is 5. The van der Waals surface area contributed by atoms with E-state index in [9.17, 15) is 0 Å². The molecule has 11 aromatic carbocycles. The number of benzene rings is 11. The first-order chi connectivity index (χ1) is 36.7. The Kier molecular flexibility index (Phi) is 10.4. The van der Waals surface area contributed by atoms with Crippen molar-refractivity contribution >= 4 is 43.6 Å². The van der Waals surface area contributed by atoms with Crippen LogP contribution in [0.3, 0.4) is 0 Å². The van der Waals surface area contributed by atoms with E-state index in [-0.39, 0.29) is 0 Å². The van der Waals surface area contributed by atoms with Gasteiger partial charge in [0.25, 0.3) is 0 Å². The lowest BCUT2D eigenvalue weighted by Gasteiger charge is -2.16. The number of fused-ring (bicyclic) bond motifs is 6. The molecule has 0 aliphatic carbocycles. The zero-order valence-corrected chi connectivity index (χ0v) is 40.2. The van der Waals surface area contributed by atoms with Crippen LogP contribution in [-0.4, -0.2) is 24.1 Å². The Hall–Kier alpha value is -9.97. The predicted molar refractivity (Wildman–Crippen MR) is 307 cm³/mol. The van der Waals surface area contributed by atoms with Crippen molar-refractivity contribution in [3.63, 3.8) is 0 Å². The SMILES string of the molecule is c1ccc(-c2cccc(-c3nc(-c4cccc(-c5cccc6c5c5cc(-c7ccccc7)ccc5n6-c5ccccc5)c4)nc(-c4ccc(-c5ccccc5)c(-n5c6ccccc6c6ccccc65)c4)n3)c2)cc1. The molecule has 0 fully saturated rings. The van der Waals surface area contributed by atoms with Gasteiger partial charge in [-0.05, 0) is 99.6 Å². The van der Waals surface area contributed by atoms with Crippen molar-refractivity contribution in [1.82, 2.24) is 24.1 Å². The van der Waals surface area contributed by atoms with Crippen molar-refractivity contribution in [3.05, 3.63) is 273 Å². The first-order valence-electron chi connectivity index (χ1n) is 25.1. The second-order valence-electron chi connectivity index (χ2n) is 18.8. The van der Waals surface area contributed by atoms with Crippen LogP contribution < -0.4 is 0 Å². The van der Waals surface area contributed by atoms with E-state index in [1.165, 1.54) is 32.7 Å². The second-order valence-corrected chi connectivity index (χ2v) is 18.8. The van der Waals surface area contributed by atoms with E-state index < -0.39 is 0 Å². The fraction of sp³-hybridized carbons (Fsp3) is 0. The van der Waals surface area contributed by atoms with E-state index >= 15 is 0 Å². The molecule has 0 saturated heterocycles. The van der Waals surface area contributed by atoms with Crippen LogP contribution >= 0.6 is 0 Å². The third-order valence-corrected chi connectivity index (χ3v) is 14.4. The Morgan fingerprint density at radius 1 is 0.230 bits per heavy atom. The molecular weight excluding hydrogens is 899 g/mol. The summed E-state index contributed by atoms with van der Waals surface area (Å²) in [4.78, 5) is 16.2. The van der Waals surface area contributed by atoms with Gasteiger partial charge in [-0.15, -0.1) is 0 Å². The molecule has 0 amide bonds. The molecular formula is C69H45N5. The molecule has 0 aliphatic heterocycles. The van der Waals surface area contributed by atoms with E-state index in [2.05, 4.69) is 276 Å². The summed E-state index contributed by atoms with van der Waals surface area (Å²) in [6.45, 7) is 0. The monoisotopic (exact) mass is 943 g/mol. The molecule has 0 bridgehead atoms. The average Bonchev–Trinajstić information content (AvgIpc) is 4.01. The molecule has 74 heavy (non-hydrogen) atoms. The van der Waals surface area contributed by atoms with Gasteiger partial charge in [-0.2, -0.15) is 0 Å². The highest BCUT2D eigenvalue weighted by atomic mass is 15.0. The summed E-state index contributed by atoms with van der Waals surface area (Å²) in [5.41, 5.74) is 18.4. The smallest absolute Gasteiger partial charge is 0.164 e. The lowest BCUT2D eigenvalue weighted by Crippen LogP contribution is -2.02. The maximum atomic E-state index is 5.43. The van der Waals surface area contributed by atoms with Gasteiger partial charge in [0.1, 0.15) is 0 Å². The average molecular weight is 944 g/mol. The maximum Gasteiger partial charge on any atom is 0.164 e. The molecule has 0 unspecified atom stereocenters. The summed E-state index contributed by atoms with van der Waals surface area (Å²) in [7, 11) is 0. The molecule has 346 valence electrons. The quantitative estimate of drug-likeness (QED) is 0.145. The molecule has 14 aromatic rings. The molecule has 0 saturated carbocycles. The van der Waals surface area contributed by atoms with Crippen LogP contribution in [0.4, 0.5) is 0 Å². The lowest BCUT2D eigenvalue weighted by atomic mass is 9.96. The molecule has 0 N–H and O–H groups in total. The molecule has 0 radical (unpaired) electrons. The van der Waals surface area contributed by atoms with E-state index in [0.29, 0.717) is 17.5 Å². The van der Waals surface area contributed by atoms with E-state index in [1.54, 1.807) is 0 Å². The molecule has 3 aromatic heterocycles. The molecule has 0 aliphatic rings. The first-order valence-corrected chi connectivity index (χ1v) is 25.1. The Labute approximate surface area is 428 Å². The van der Waals surface area contributed by atoms with Gasteiger partial charge in [0.2, 0.25) is 0 Å². The van der Waals surface area contributed by atoms with Gasteiger partial charge in [0.05, 0.1) is 27.8 Å². The summed E-state index contributed by atoms with van der Waals surface area (Å²) >= 11 is 0. The number of nitrogens with zero attached hydrogens (tertiary/aromatic N) is 5. The highest BCUT2D eigenvalue weighted by Crippen LogP contribution is 2.42. The Morgan fingerprint density at radius 3 is 1.28 bits per heavy atom. The van der Waals surface area contributed by atoms with Gasteiger partial charge in [-0.3, -0.25) is 0 Å². The van der Waals surface area contributed by atoms with Gasteiger partial charge in [0.15, 0.2) is 17.5 Å². The Morgan fingerprint density at radius 2 is 0.662 bits per heavy atom. The first kappa shape index (κ1) is 42.9. The van der Waals surface area contributed by atoms with Crippen molar-refractivity contribution in [2.24, 2.45) is 0 Å². The molecule has 5 nitrogen and oxygen atoms in total. The van der Waals surface area contributed by atoms with Gasteiger partial charge in [-0.1, -0.05) is 212 Å². The fourth-order valence-electron chi connectivity index (χ4n) is 10.9. The predicted octanol–water partition coefficient (Wildman–Crippen LogP) is 17.7. The summed E-state index contributed by atoms with van der Waals surface area (Å²) in [6.07, 6.45) is 0. The van der Waals surface area contributed by atoms with Crippen molar-refractivity contribution < 1.29 is 0 Å². The zero-order valence-electron chi connectivity index (χ0n) is 40.2. The van der Waals surface area contributed by atoms with Crippen LogP contribution in [-0.2, 0) is 0 Å². The minimum absolute atomic E-state index is 0.587. The number of hydrogen-bond acceptors (Lipinski definition) is 3. The van der Waals surface area contributed by atoms with E-state index in [0.717, 1.165) is 83.5 Å². The van der Waals surface area contributed by atoms with Crippen LogP contribution in [0, 0.1) is 0 Å². The minimum atomic E-state index is 0.587. The normalized spacial score (nSPS) is 11.5. The topological polar surface area (TPSA) is 48.5 Å². The summed E-state index contributed by atoms with van der Waals surface area (Å²) in [6, 6.07) is 97.1. The van der Waals surface area contributed by atoms with E-state index in [1.807, 2.05) is 6.07 Å². The lowest BCUT2D eigenvalue weighted by molar-refractivity contribution is 1.07. The van der Waals surface area contributed by atoms with Crippen LogP contribution in [0.25, 0.3) is 134 Å². The second kappa shape index (κ2) is 18.0. The van der Waals surface area contributed by atoms with Gasteiger partial charge in [0, 0.05) is 49.5 Å². The zero-order chi connectivity index (χ0) is 49.0. The number of hydrogen-bond donors (Lipinski definition) is 0. The molecule has 0 spiro atoms. The summed E-state index contributed by atoms with van der Waals surface area (Å²) in [5, 5.41) is 4.78. The number of rotatable bonds is 9. The third-order valence-electron chi connectivity index (χ3n) is 14.4. The van der Waals surface area contributed by atoms with Crippen LogP contribution in [0.5, 0.6) is 0 Å². The summed E-state index contributed by atoms with van der Waals surface area (Å²) < 4.78 is 4.78. The van der Waals surface area contributed by atoms with Crippen LogP contribution in [0.1, 0.15) is 0 Å². The minimum Gasteiger partial charge on any atom is -0.309 e. The third kappa shape index (κ3) is 7.46. The van der Waals surface area contributed by atoms with Crippen molar-refractivity contribution in [1.29, 1.82) is 0 Å². The Balaban J connectivity index is 0.980. The molecule has 5 heteroatoms. The van der Waals surface area contributed by atoms with Crippen LogP contribution in [0.15, 0.2) is 273 Å². The summed E-state index contributed by atoms with van der Waals surface area (Å²) in [5.74, 6) is 1.77.